The molecule has 1 saturated heterocycles. The number of carbonyl (C=O) groups excluding carboxylic acids is 2. The number of benzene rings is 1. The van der Waals surface area contributed by atoms with Crippen LogP contribution in [0.1, 0.15) is 60.0 Å². The number of rotatable bonds is 7. The molecular formula is C26H32N4O5S2. The Bertz CT molecular complexity index is 1300. The quantitative estimate of drug-likeness (QED) is 0.529. The number of hydrogen-bond donors (Lipinski definition) is 1. The Labute approximate surface area is 222 Å². The summed E-state index contributed by atoms with van der Waals surface area (Å²) in [5.41, 5.74) is 1.83. The molecule has 0 saturated carbocycles. The first-order chi connectivity index (χ1) is 17.6. The zero-order valence-electron chi connectivity index (χ0n) is 21.3. The SMILES string of the molecule is CCOC(=O)C1CCN(S(=O)(=O)c2ccc(C(=O)Nc3sc4c(c3C#N)CCN(C(C)C)C4)cc2)CC1. The molecule has 2 aliphatic heterocycles. The van der Waals surface area contributed by atoms with E-state index in [0.29, 0.717) is 41.6 Å². The molecule has 2 aliphatic rings. The lowest BCUT2D eigenvalue weighted by atomic mass is 9.98. The number of thiophene rings is 1. The molecule has 1 amide bonds. The van der Waals surface area contributed by atoms with E-state index < -0.39 is 15.9 Å². The van der Waals surface area contributed by atoms with Crippen molar-refractivity contribution in [2.45, 2.75) is 57.5 Å². The summed E-state index contributed by atoms with van der Waals surface area (Å²) in [6, 6.07) is 8.46. The van der Waals surface area contributed by atoms with Crippen LogP contribution in [0.2, 0.25) is 0 Å². The third-order valence-electron chi connectivity index (χ3n) is 6.98. The van der Waals surface area contributed by atoms with Gasteiger partial charge in [0.2, 0.25) is 10.0 Å². The average Bonchev–Trinajstić information content (AvgIpc) is 3.24. The largest absolute Gasteiger partial charge is 0.466 e. The van der Waals surface area contributed by atoms with Gasteiger partial charge in [0.1, 0.15) is 11.1 Å². The van der Waals surface area contributed by atoms with Crippen LogP contribution < -0.4 is 5.32 Å². The summed E-state index contributed by atoms with van der Waals surface area (Å²) >= 11 is 1.43. The van der Waals surface area contributed by atoms with Crippen molar-refractivity contribution in [3.05, 3.63) is 45.8 Å². The van der Waals surface area contributed by atoms with Gasteiger partial charge >= 0.3 is 5.97 Å². The van der Waals surface area contributed by atoms with Gasteiger partial charge in [-0.1, -0.05) is 0 Å². The summed E-state index contributed by atoms with van der Waals surface area (Å²) in [5.74, 6) is -0.958. The minimum atomic E-state index is -3.75. The predicted octanol–water partition coefficient (Wildman–Crippen LogP) is 3.60. The molecule has 4 rings (SSSR count). The van der Waals surface area contributed by atoms with Gasteiger partial charge in [0.05, 0.1) is 23.0 Å². The van der Waals surface area contributed by atoms with E-state index in [1.807, 2.05) is 0 Å². The van der Waals surface area contributed by atoms with E-state index in [1.54, 1.807) is 6.92 Å². The van der Waals surface area contributed by atoms with Gasteiger partial charge in [-0.2, -0.15) is 9.57 Å². The lowest BCUT2D eigenvalue weighted by Gasteiger charge is -2.30. The van der Waals surface area contributed by atoms with Crippen LogP contribution in [0.25, 0.3) is 0 Å². The predicted molar refractivity (Wildman–Crippen MR) is 141 cm³/mol. The van der Waals surface area contributed by atoms with Gasteiger partial charge in [-0.3, -0.25) is 14.5 Å². The summed E-state index contributed by atoms with van der Waals surface area (Å²) in [7, 11) is -3.75. The summed E-state index contributed by atoms with van der Waals surface area (Å²) in [4.78, 5) is 28.4. The second-order valence-corrected chi connectivity index (χ2v) is 12.6. The molecule has 9 nitrogen and oxygen atoms in total. The lowest BCUT2D eigenvalue weighted by Crippen LogP contribution is -2.40. The number of nitriles is 1. The minimum Gasteiger partial charge on any atom is -0.466 e. The molecule has 1 fully saturated rings. The molecule has 0 aliphatic carbocycles. The second kappa shape index (κ2) is 11.3. The number of sulfonamides is 1. The number of nitrogens with one attached hydrogen (secondary N) is 1. The van der Waals surface area contributed by atoms with Gasteiger partial charge in [-0.05, 0) is 69.9 Å². The number of esters is 1. The Kier molecular flexibility index (Phi) is 8.33. The van der Waals surface area contributed by atoms with Crippen molar-refractivity contribution in [1.29, 1.82) is 5.26 Å². The Morgan fingerprint density at radius 2 is 1.86 bits per heavy atom. The van der Waals surface area contributed by atoms with E-state index in [0.717, 1.165) is 30.0 Å². The monoisotopic (exact) mass is 544 g/mol. The number of nitrogens with zero attached hydrogens (tertiary/aromatic N) is 3. The van der Waals surface area contributed by atoms with Crippen molar-refractivity contribution in [3.63, 3.8) is 0 Å². The van der Waals surface area contributed by atoms with E-state index in [4.69, 9.17) is 4.74 Å². The number of carbonyl (C=O) groups is 2. The maximum atomic E-state index is 13.1. The van der Waals surface area contributed by atoms with Crippen LogP contribution in [0.5, 0.6) is 0 Å². The molecule has 11 heteroatoms. The zero-order chi connectivity index (χ0) is 26.7. The van der Waals surface area contributed by atoms with E-state index >= 15 is 0 Å². The number of anilines is 1. The van der Waals surface area contributed by atoms with E-state index in [1.165, 1.54) is 39.9 Å². The molecule has 37 heavy (non-hydrogen) atoms. The Morgan fingerprint density at radius 1 is 1.19 bits per heavy atom. The van der Waals surface area contributed by atoms with Gasteiger partial charge in [0, 0.05) is 42.7 Å². The first-order valence-electron chi connectivity index (χ1n) is 12.5. The van der Waals surface area contributed by atoms with E-state index in [-0.39, 0.29) is 29.9 Å². The van der Waals surface area contributed by atoms with Gasteiger partial charge in [-0.25, -0.2) is 8.42 Å². The first-order valence-corrected chi connectivity index (χ1v) is 14.8. The third kappa shape index (κ3) is 5.72. The zero-order valence-corrected chi connectivity index (χ0v) is 23.0. The molecular weight excluding hydrogens is 512 g/mol. The molecule has 0 radical (unpaired) electrons. The van der Waals surface area contributed by atoms with Crippen LogP contribution in [0.4, 0.5) is 5.00 Å². The summed E-state index contributed by atoms with van der Waals surface area (Å²) in [5, 5.41) is 13.1. The van der Waals surface area contributed by atoms with Crippen LogP contribution in [0.15, 0.2) is 29.2 Å². The fourth-order valence-electron chi connectivity index (χ4n) is 4.76. The van der Waals surface area contributed by atoms with Crippen molar-refractivity contribution in [2.75, 3.05) is 31.6 Å². The number of piperidine rings is 1. The van der Waals surface area contributed by atoms with Crippen molar-refractivity contribution in [2.24, 2.45) is 5.92 Å². The smallest absolute Gasteiger partial charge is 0.309 e. The van der Waals surface area contributed by atoms with Crippen molar-refractivity contribution in [1.82, 2.24) is 9.21 Å². The van der Waals surface area contributed by atoms with Gasteiger partial charge in [0.25, 0.3) is 5.91 Å². The number of ether oxygens (including phenoxy) is 1. The summed E-state index contributed by atoms with van der Waals surface area (Å²) in [6.07, 6.45) is 1.60. The van der Waals surface area contributed by atoms with Crippen LogP contribution in [-0.2, 0) is 32.5 Å². The lowest BCUT2D eigenvalue weighted by molar-refractivity contribution is -0.149. The van der Waals surface area contributed by atoms with Gasteiger partial charge in [-0.15, -0.1) is 11.3 Å². The molecule has 198 valence electrons. The molecule has 1 N–H and O–H groups in total. The molecule has 0 unspecified atom stereocenters. The Balaban J connectivity index is 1.43. The third-order valence-corrected chi connectivity index (χ3v) is 10.0. The first kappa shape index (κ1) is 27.3. The molecule has 1 aromatic carbocycles. The minimum absolute atomic E-state index is 0.0942. The van der Waals surface area contributed by atoms with Gasteiger partial charge < -0.3 is 10.1 Å². The Morgan fingerprint density at radius 3 is 2.46 bits per heavy atom. The highest BCUT2D eigenvalue weighted by molar-refractivity contribution is 7.89. The number of amides is 1. The fraction of sp³-hybridized carbons (Fsp3) is 0.500. The average molecular weight is 545 g/mol. The highest BCUT2D eigenvalue weighted by Crippen LogP contribution is 2.37. The number of hydrogen-bond acceptors (Lipinski definition) is 8. The highest BCUT2D eigenvalue weighted by Gasteiger charge is 2.33. The van der Waals surface area contributed by atoms with Crippen LogP contribution >= 0.6 is 11.3 Å². The van der Waals surface area contributed by atoms with Crippen molar-refractivity contribution >= 4 is 38.2 Å². The molecule has 0 atom stereocenters. The molecule has 0 bridgehead atoms. The highest BCUT2D eigenvalue weighted by atomic mass is 32.2. The summed E-state index contributed by atoms with van der Waals surface area (Å²) in [6.45, 7) is 8.44. The van der Waals surface area contributed by atoms with Crippen LogP contribution in [0.3, 0.4) is 0 Å². The van der Waals surface area contributed by atoms with Crippen molar-refractivity contribution < 1.29 is 22.7 Å². The Hall–Kier alpha value is -2.78. The van der Waals surface area contributed by atoms with Crippen LogP contribution in [-0.4, -0.2) is 61.8 Å². The van der Waals surface area contributed by atoms with Gasteiger partial charge in [0.15, 0.2) is 0 Å². The fourth-order valence-corrected chi connectivity index (χ4v) is 7.45. The maximum absolute atomic E-state index is 13.1. The van der Waals surface area contributed by atoms with E-state index in [9.17, 15) is 23.3 Å². The molecule has 0 spiro atoms. The molecule has 1 aromatic heterocycles. The normalized spacial score (nSPS) is 17.3. The van der Waals surface area contributed by atoms with Crippen LogP contribution in [0, 0.1) is 17.2 Å². The molecule has 3 heterocycles. The number of fused-ring (bicyclic) bond motifs is 1. The topological polar surface area (TPSA) is 120 Å². The standard InChI is InChI=1S/C26H32N4O5S2/c1-4-35-26(32)19-9-13-30(14-10-19)37(33,34)20-7-5-18(6-8-20)24(31)28-25-22(15-27)21-11-12-29(17(2)3)16-23(21)36-25/h5-8,17,19H,4,9-14,16H2,1-3H3,(H,28,31). The summed E-state index contributed by atoms with van der Waals surface area (Å²) < 4.78 is 32.6. The maximum Gasteiger partial charge on any atom is 0.309 e. The van der Waals surface area contributed by atoms with Crippen molar-refractivity contribution in [3.8, 4) is 6.07 Å². The molecule has 2 aromatic rings. The van der Waals surface area contributed by atoms with E-state index in [2.05, 4.69) is 30.1 Å². The second-order valence-electron chi connectivity index (χ2n) is 9.54.